The number of carbonyl (C=O) groups is 1. The third-order valence-corrected chi connectivity index (χ3v) is 5.74. The van der Waals surface area contributed by atoms with Crippen LogP contribution in [-0.2, 0) is 11.2 Å². The fraction of sp³-hybridized carbons (Fsp3) is 0.500. The Labute approximate surface area is 139 Å². The van der Waals surface area contributed by atoms with Crippen molar-refractivity contribution >= 4 is 21.8 Å². The van der Waals surface area contributed by atoms with E-state index in [0.29, 0.717) is 24.2 Å². The summed E-state index contributed by atoms with van der Waals surface area (Å²) in [4.78, 5) is 12.7. The quantitative estimate of drug-likeness (QED) is 0.602. The molecule has 1 aromatic carbocycles. The van der Waals surface area contributed by atoms with Crippen LogP contribution in [0.2, 0.25) is 0 Å². The molecule has 0 saturated heterocycles. The molecule has 2 N–H and O–H groups in total. The number of hydrogen-bond acceptors (Lipinski definition) is 2. The summed E-state index contributed by atoms with van der Waals surface area (Å²) < 4.78 is 0. The van der Waals surface area contributed by atoms with Crippen LogP contribution < -0.4 is 5.32 Å². The minimum Gasteiger partial charge on any atom is -0.394 e. The summed E-state index contributed by atoms with van der Waals surface area (Å²) in [5, 5.41) is 13.5. The molecule has 3 rings (SSSR count). The van der Waals surface area contributed by atoms with Gasteiger partial charge in [0.15, 0.2) is 0 Å². The van der Waals surface area contributed by atoms with E-state index in [4.69, 9.17) is 0 Å². The van der Waals surface area contributed by atoms with Gasteiger partial charge in [0.1, 0.15) is 0 Å². The molecule has 5 atom stereocenters. The van der Waals surface area contributed by atoms with E-state index in [9.17, 15) is 9.90 Å². The first-order valence-electron chi connectivity index (χ1n) is 7.92. The molecule has 1 saturated carbocycles. The SMILES string of the molecule is O=C(N[C@H](CO)Cc1ccccc1)[C@H]1[C@@H](CBr)[C@@H]2C=C[C@H]1C2. The zero-order valence-corrected chi connectivity index (χ0v) is 14.1. The van der Waals surface area contributed by atoms with Gasteiger partial charge in [0.2, 0.25) is 5.91 Å². The van der Waals surface area contributed by atoms with Crippen molar-refractivity contribution in [1.82, 2.24) is 5.32 Å². The molecule has 3 nitrogen and oxygen atoms in total. The Kier molecular flexibility index (Phi) is 4.99. The Morgan fingerprint density at radius 3 is 2.68 bits per heavy atom. The van der Waals surface area contributed by atoms with Crippen LogP contribution in [0.15, 0.2) is 42.5 Å². The Balaban J connectivity index is 1.64. The highest BCUT2D eigenvalue weighted by atomic mass is 79.9. The summed E-state index contributed by atoms with van der Waals surface area (Å²) in [7, 11) is 0. The van der Waals surface area contributed by atoms with E-state index in [1.54, 1.807) is 0 Å². The van der Waals surface area contributed by atoms with Crippen molar-refractivity contribution in [1.29, 1.82) is 0 Å². The average molecular weight is 364 g/mol. The summed E-state index contributed by atoms with van der Waals surface area (Å²) >= 11 is 3.56. The molecule has 4 heteroatoms. The van der Waals surface area contributed by atoms with Crippen LogP contribution in [0.1, 0.15) is 12.0 Å². The number of nitrogens with one attached hydrogen (secondary N) is 1. The number of allylic oxidation sites excluding steroid dienone is 2. The maximum Gasteiger partial charge on any atom is 0.224 e. The summed E-state index contributed by atoms with van der Waals surface area (Å²) in [6.07, 6.45) is 6.21. The highest BCUT2D eigenvalue weighted by molar-refractivity contribution is 9.09. The monoisotopic (exact) mass is 363 g/mol. The van der Waals surface area contributed by atoms with E-state index < -0.39 is 0 Å². The van der Waals surface area contributed by atoms with Crippen molar-refractivity contribution in [2.75, 3.05) is 11.9 Å². The molecule has 2 aliphatic carbocycles. The minimum absolute atomic E-state index is 0.0315. The largest absolute Gasteiger partial charge is 0.394 e. The van der Waals surface area contributed by atoms with Gasteiger partial charge >= 0.3 is 0 Å². The number of amides is 1. The second-order valence-corrected chi connectivity index (χ2v) is 7.02. The Bertz CT molecular complexity index is 545. The van der Waals surface area contributed by atoms with Gasteiger partial charge in [-0.25, -0.2) is 0 Å². The predicted molar refractivity (Wildman–Crippen MR) is 90.7 cm³/mol. The number of aliphatic hydroxyl groups excluding tert-OH is 1. The van der Waals surface area contributed by atoms with E-state index in [-0.39, 0.29) is 24.5 Å². The standard InChI is InChI=1S/C18H22BrNO2/c19-10-16-13-6-7-14(9-13)17(16)18(22)20-15(11-21)8-12-4-2-1-3-5-12/h1-7,13-17,21H,8-11H2,(H,20,22)/t13-,14+,15+,16+,17-/m1/s1. The molecular weight excluding hydrogens is 342 g/mol. The fourth-order valence-electron chi connectivity index (χ4n) is 3.88. The van der Waals surface area contributed by atoms with Gasteiger partial charge in [-0.2, -0.15) is 0 Å². The second kappa shape index (κ2) is 6.97. The number of halogens is 1. The first-order chi connectivity index (χ1) is 10.7. The molecule has 0 unspecified atom stereocenters. The van der Waals surface area contributed by atoms with Gasteiger partial charge in [-0.05, 0) is 36.2 Å². The van der Waals surface area contributed by atoms with Crippen molar-refractivity contribution in [2.45, 2.75) is 18.9 Å². The van der Waals surface area contributed by atoms with Crippen molar-refractivity contribution in [3.63, 3.8) is 0 Å². The molecule has 0 aliphatic heterocycles. The van der Waals surface area contributed by atoms with E-state index in [0.717, 1.165) is 17.3 Å². The van der Waals surface area contributed by atoms with Crippen LogP contribution in [0.3, 0.4) is 0 Å². The summed E-state index contributed by atoms with van der Waals surface area (Å²) in [5.74, 6) is 1.41. The molecule has 118 valence electrons. The Hall–Kier alpha value is -1.13. The molecule has 2 aliphatic rings. The normalized spacial score (nSPS) is 30.5. The second-order valence-electron chi connectivity index (χ2n) is 6.37. The smallest absolute Gasteiger partial charge is 0.224 e. The van der Waals surface area contributed by atoms with Crippen molar-refractivity contribution in [2.24, 2.45) is 23.7 Å². The topological polar surface area (TPSA) is 49.3 Å². The van der Waals surface area contributed by atoms with E-state index >= 15 is 0 Å². The maximum absolute atomic E-state index is 12.7. The zero-order valence-electron chi connectivity index (χ0n) is 12.5. The zero-order chi connectivity index (χ0) is 15.5. The van der Waals surface area contributed by atoms with Gasteiger partial charge in [-0.1, -0.05) is 58.4 Å². The Morgan fingerprint density at radius 2 is 2.00 bits per heavy atom. The lowest BCUT2D eigenvalue weighted by Crippen LogP contribution is -2.45. The number of fused-ring (bicyclic) bond motifs is 2. The van der Waals surface area contributed by atoms with Crippen LogP contribution in [0.4, 0.5) is 0 Å². The molecule has 0 radical (unpaired) electrons. The minimum atomic E-state index is -0.214. The molecule has 0 spiro atoms. The van der Waals surface area contributed by atoms with E-state index in [2.05, 4.69) is 33.4 Å². The van der Waals surface area contributed by atoms with Gasteiger partial charge in [0.05, 0.1) is 12.6 Å². The molecule has 22 heavy (non-hydrogen) atoms. The molecular formula is C18H22BrNO2. The molecule has 0 heterocycles. The summed E-state index contributed by atoms with van der Waals surface area (Å²) in [6.45, 7) is -0.0315. The molecule has 2 bridgehead atoms. The maximum atomic E-state index is 12.7. The van der Waals surface area contributed by atoms with Crippen molar-refractivity contribution in [3.05, 3.63) is 48.0 Å². The van der Waals surface area contributed by atoms with Gasteiger partial charge in [0.25, 0.3) is 0 Å². The van der Waals surface area contributed by atoms with E-state index in [1.807, 2.05) is 30.3 Å². The number of aliphatic hydroxyl groups is 1. The molecule has 1 fully saturated rings. The average Bonchev–Trinajstić information content (AvgIpc) is 3.15. The number of rotatable bonds is 6. The third-order valence-electron chi connectivity index (χ3n) is 4.99. The van der Waals surface area contributed by atoms with Crippen LogP contribution in [0.5, 0.6) is 0 Å². The van der Waals surface area contributed by atoms with Crippen LogP contribution in [0, 0.1) is 23.7 Å². The highest BCUT2D eigenvalue weighted by Crippen LogP contribution is 2.48. The van der Waals surface area contributed by atoms with Gasteiger partial charge < -0.3 is 10.4 Å². The third kappa shape index (κ3) is 3.13. The number of hydrogen-bond donors (Lipinski definition) is 2. The summed E-state index contributed by atoms with van der Waals surface area (Å²) in [5.41, 5.74) is 1.13. The van der Waals surface area contributed by atoms with Gasteiger partial charge in [-0.15, -0.1) is 0 Å². The van der Waals surface area contributed by atoms with Crippen LogP contribution >= 0.6 is 15.9 Å². The van der Waals surface area contributed by atoms with Gasteiger partial charge in [0, 0.05) is 11.2 Å². The fourth-order valence-corrected chi connectivity index (χ4v) is 4.76. The molecule has 0 aromatic heterocycles. The lowest BCUT2D eigenvalue weighted by molar-refractivity contribution is -0.128. The highest BCUT2D eigenvalue weighted by Gasteiger charge is 2.47. The Morgan fingerprint density at radius 1 is 1.27 bits per heavy atom. The number of benzene rings is 1. The molecule has 1 amide bonds. The number of alkyl halides is 1. The molecule has 1 aromatic rings. The number of carbonyl (C=O) groups excluding carboxylic acids is 1. The van der Waals surface area contributed by atoms with E-state index in [1.165, 1.54) is 0 Å². The lowest BCUT2D eigenvalue weighted by atomic mass is 9.83. The summed E-state index contributed by atoms with van der Waals surface area (Å²) in [6, 6.07) is 9.76. The van der Waals surface area contributed by atoms with Crippen LogP contribution in [0.25, 0.3) is 0 Å². The first-order valence-corrected chi connectivity index (χ1v) is 9.04. The lowest BCUT2D eigenvalue weighted by Gasteiger charge is -2.27. The van der Waals surface area contributed by atoms with Crippen LogP contribution in [-0.4, -0.2) is 29.0 Å². The van der Waals surface area contributed by atoms with Crippen molar-refractivity contribution < 1.29 is 9.90 Å². The van der Waals surface area contributed by atoms with Gasteiger partial charge in [-0.3, -0.25) is 4.79 Å². The first kappa shape index (κ1) is 15.8. The van der Waals surface area contributed by atoms with Crippen molar-refractivity contribution in [3.8, 4) is 0 Å². The predicted octanol–water partition coefficient (Wildman–Crippen LogP) is 2.54.